The zero-order valence-corrected chi connectivity index (χ0v) is 6.99. The molecule has 4 nitrogen and oxygen atoms in total. The van der Waals surface area contributed by atoms with Gasteiger partial charge in [-0.15, -0.1) is 5.10 Å². The van der Waals surface area contributed by atoms with E-state index < -0.39 is 0 Å². The van der Waals surface area contributed by atoms with E-state index in [9.17, 15) is 0 Å². The van der Waals surface area contributed by atoms with Crippen molar-refractivity contribution < 1.29 is 0 Å². The molecule has 1 aromatic heterocycles. The lowest BCUT2D eigenvalue weighted by atomic mass is 10.2. The van der Waals surface area contributed by atoms with Crippen molar-refractivity contribution >= 4 is 0 Å². The lowest BCUT2D eigenvalue weighted by Gasteiger charge is -2.00. The molecule has 4 heteroatoms. The molecule has 0 aliphatic heterocycles. The van der Waals surface area contributed by atoms with Crippen LogP contribution in [-0.4, -0.2) is 15.0 Å². The van der Waals surface area contributed by atoms with Crippen molar-refractivity contribution in [2.24, 2.45) is 5.73 Å². The molecule has 0 amide bonds. The zero-order valence-electron chi connectivity index (χ0n) is 6.99. The predicted molar refractivity (Wildman–Crippen MR) is 42.9 cm³/mol. The highest BCUT2D eigenvalue weighted by Gasteiger charge is 2.06. The van der Waals surface area contributed by atoms with Crippen LogP contribution in [-0.2, 0) is 6.54 Å². The summed E-state index contributed by atoms with van der Waals surface area (Å²) in [6.45, 7) is 4.91. The van der Waals surface area contributed by atoms with E-state index in [0.29, 0.717) is 0 Å². The number of nitrogens with zero attached hydrogens (tertiary/aromatic N) is 3. The molecule has 0 saturated carbocycles. The summed E-state index contributed by atoms with van der Waals surface area (Å²) in [5.41, 5.74) is 6.63. The minimum Gasteiger partial charge on any atom is -0.323 e. The molecule has 0 aromatic carbocycles. The van der Waals surface area contributed by atoms with Gasteiger partial charge in [0, 0.05) is 6.54 Å². The van der Waals surface area contributed by atoms with Crippen LogP contribution in [0.3, 0.4) is 0 Å². The van der Waals surface area contributed by atoms with Crippen LogP contribution in [0.4, 0.5) is 0 Å². The van der Waals surface area contributed by atoms with Crippen LogP contribution in [0, 0.1) is 0 Å². The second-order valence-electron chi connectivity index (χ2n) is 2.51. The minimum absolute atomic E-state index is 0.0373. The number of nitrogens with two attached hydrogens (primary N) is 1. The molecule has 1 atom stereocenters. The quantitative estimate of drug-likeness (QED) is 0.697. The van der Waals surface area contributed by atoms with E-state index in [1.165, 1.54) is 0 Å². The maximum Gasteiger partial charge on any atom is 0.0993 e. The SMILES string of the molecule is CCC(N)c1cn(CC)nn1. The summed E-state index contributed by atoms with van der Waals surface area (Å²) in [5.74, 6) is 0. The van der Waals surface area contributed by atoms with Crippen LogP contribution < -0.4 is 5.73 Å². The summed E-state index contributed by atoms with van der Waals surface area (Å²) in [4.78, 5) is 0. The maximum absolute atomic E-state index is 5.75. The molecule has 0 aliphatic carbocycles. The van der Waals surface area contributed by atoms with Gasteiger partial charge in [-0.05, 0) is 13.3 Å². The molecular formula is C7H14N4. The normalized spacial score (nSPS) is 13.4. The van der Waals surface area contributed by atoms with Gasteiger partial charge < -0.3 is 5.73 Å². The van der Waals surface area contributed by atoms with E-state index in [1.807, 2.05) is 20.0 Å². The van der Waals surface area contributed by atoms with Crippen molar-refractivity contribution in [1.29, 1.82) is 0 Å². The van der Waals surface area contributed by atoms with Gasteiger partial charge in [-0.3, -0.25) is 4.68 Å². The number of aryl methyl sites for hydroxylation is 1. The third kappa shape index (κ3) is 1.77. The van der Waals surface area contributed by atoms with Crippen LogP contribution in [0.1, 0.15) is 32.0 Å². The lowest BCUT2D eigenvalue weighted by Crippen LogP contribution is -2.08. The van der Waals surface area contributed by atoms with E-state index in [-0.39, 0.29) is 6.04 Å². The molecule has 1 unspecified atom stereocenters. The number of rotatable bonds is 3. The average Bonchev–Trinajstić information content (AvgIpc) is 2.50. The number of hydrogen-bond donors (Lipinski definition) is 1. The van der Waals surface area contributed by atoms with E-state index in [2.05, 4.69) is 10.3 Å². The van der Waals surface area contributed by atoms with Crippen molar-refractivity contribution in [1.82, 2.24) is 15.0 Å². The first-order chi connectivity index (χ1) is 5.27. The number of hydrogen-bond acceptors (Lipinski definition) is 3. The molecule has 0 aliphatic rings. The predicted octanol–water partition coefficient (Wildman–Crippen LogP) is 0.708. The van der Waals surface area contributed by atoms with Crippen molar-refractivity contribution in [3.05, 3.63) is 11.9 Å². The molecule has 0 spiro atoms. The highest BCUT2D eigenvalue weighted by molar-refractivity contribution is 4.98. The van der Waals surface area contributed by atoms with Gasteiger partial charge >= 0.3 is 0 Å². The van der Waals surface area contributed by atoms with Crippen LogP contribution in [0.25, 0.3) is 0 Å². The Morgan fingerprint density at radius 1 is 1.64 bits per heavy atom. The van der Waals surface area contributed by atoms with Gasteiger partial charge in [-0.2, -0.15) is 0 Å². The van der Waals surface area contributed by atoms with Gasteiger partial charge in [0.15, 0.2) is 0 Å². The standard InChI is InChI=1S/C7H14N4/c1-3-6(8)7-5-11(4-2)10-9-7/h5-6H,3-4,8H2,1-2H3. The topological polar surface area (TPSA) is 56.7 Å². The van der Waals surface area contributed by atoms with E-state index in [0.717, 1.165) is 18.7 Å². The lowest BCUT2D eigenvalue weighted by molar-refractivity contribution is 0.624. The van der Waals surface area contributed by atoms with Gasteiger partial charge in [0.1, 0.15) is 0 Å². The number of aromatic nitrogens is 3. The fourth-order valence-corrected chi connectivity index (χ4v) is 0.847. The van der Waals surface area contributed by atoms with Crippen molar-refractivity contribution in [2.75, 3.05) is 0 Å². The molecular weight excluding hydrogens is 140 g/mol. The Labute approximate surface area is 66.4 Å². The molecule has 11 heavy (non-hydrogen) atoms. The molecule has 0 radical (unpaired) electrons. The molecule has 1 aromatic rings. The third-order valence-electron chi connectivity index (χ3n) is 1.70. The molecule has 0 bridgehead atoms. The molecule has 1 heterocycles. The van der Waals surface area contributed by atoms with Crippen LogP contribution in [0.2, 0.25) is 0 Å². The smallest absolute Gasteiger partial charge is 0.0993 e. The Morgan fingerprint density at radius 2 is 2.36 bits per heavy atom. The van der Waals surface area contributed by atoms with Gasteiger partial charge in [0.05, 0.1) is 17.9 Å². The summed E-state index contributed by atoms with van der Waals surface area (Å²) in [6.07, 6.45) is 2.80. The summed E-state index contributed by atoms with van der Waals surface area (Å²) in [5, 5.41) is 7.84. The van der Waals surface area contributed by atoms with Gasteiger partial charge in [-0.25, -0.2) is 0 Å². The Kier molecular flexibility index (Phi) is 2.59. The second kappa shape index (κ2) is 3.48. The van der Waals surface area contributed by atoms with Crippen LogP contribution in [0.5, 0.6) is 0 Å². The Balaban J connectivity index is 2.71. The maximum atomic E-state index is 5.75. The van der Waals surface area contributed by atoms with Crippen molar-refractivity contribution in [3.8, 4) is 0 Å². The van der Waals surface area contributed by atoms with Crippen molar-refractivity contribution in [3.63, 3.8) is 0 Å². The molecule has 0 fully saturated rings. The first-order valence-corrected chi connectivity index (χ1v) is 3.93. The highest BCUT2D eigenvalue weighted by atomic mass is 15.4. The minimum atomic E-state index is 0.0373. The van der Waals surface area contributed by atoms with Crippen molar-refractivity contribution in [2.45, 2.75) is 32.9 Å². The first kappa shape index (κ1) is 8.20. The molecule has 0 saturated heterocycles. The van der Waals surface area contributed by atoms with Crippen LogP contribution in [0.15, 0.2) is 6.20 Å². The van der Waals surface area contributed by atoms with Gasteiger partial charge in [0.25, 0.3) is 0 Å². The average molecular weight is 154 g/mol. The van der Waals surface area contributed by atoms with Gasteiger partial charge in [0.2, 0.25) is 0 Å². The second-order valence-corrected chi connectivity index (χ2v) is 2.51. The molecule has 1 rings (SSSR count). The van der Waals surface area contributed by atoms with Crippen LogP contribution >= 0.6 is 0 Å². The van der Waals surface area contributed by atoms with E-state index >= 15 is 0 Å². The summed E-state index contributed by atoms with van der Waals surface area (Å²) in [6, 6.07) is 0.0373. The Hall–Kier alpha value is -0.900. The largest absolute Gasteiger partial charge is 0.323 e. The summed E-state index contributed by atoms with van der Waals surface area (Å²) in [7, 11) is 0. The Bertz CT molecular complexity index is 218. The summed E-state index contributed by atoms with van der Waals surface area (Å²) < 4.78 is 1.78. The van der Waals surface area contributed by atoms with E-state index in [1.54, 1.807) is 4.68 Å². The monoisotopic (exact) mass is 154 g/mol. The fraction of sp³-hybridized carbons (Fsp3) is 0.714. The first-order valence-electron chi connectivity index (χ1n) is 3.93. The molecule has 62 valence electrons. The highest BCUT2D eigenvalue weighted by Crippen LogP contribution is 2.08. The van der Waals surface area contributed by atoms with E-state index in [4.69, 9.17) is 5.73 Å². The fourth-order valence-electron chi connectivity index (χ4n) is 0.847. The zero-order chi connectivity index (χ0) is 8.27. The molecule has 2 N–H and O–H groups in total. The van der Waals surface area contributed by atoms with Gasteiger partial charge in [-0.1, -0.05) is 12.1 Å². The third-order valence-corrected chi connectivity index (χ3v) is 1.70. The Morgan fingerprint density at radius 3 is 2.82 bits per heavy atom. The summed E-state index contributed by atoms with van der Waals surface area (Å²) >= 11 is 0.